The summed E-state index contributed by atoms with van der Waals surface area (Å²) in [5, 5.41) is 10.4. The van der Waals surface area contributed by atoms with E-state index >= 15 is 0 Å². The summed E-state index contributed by atoms with van der Waals surface area (Å²) >= 11 is 1.15. The quantitative estimate of drug-likeness (QED) is 0.912. The molecule has 0 saturated heterocycles. The summed E-state index contributed by atoms with van der Waals surface area (Å²) in [6.45, 7) is 1.47. The number of hydrogen-bond donors (Lipinski definition) is 2. The summed E-state index contributed by atoms with van der Waals surface area (Å²) in [6, 6.07) is 5.36. The summed E-state index contributed by atoms with van der Waals surface area (Å²) in [4.78, 5) is 0.610. The van der Waals surface area contributed by atoms with Gasteiger partial charge >= 0.3 is 0 Å². The van der Waals surface area contributed by atoms with Gasteiger partial charge in [0.25, 0.3) is 10.0 Å². The number of sulfonamides is 1. The molecule has 19 heavy (non-hydrogen) atoms. The van der Waals surface area contributed by atoms with Crippen molar-refractivity contribution in [3.8, 4) is 0 Å². The third kappa shape index (κ3) is 3.31. The van der Waals surface area contributed by atoms with Gasteiger partial charge in [-0.1, -0.05) is 0 Å². The lowest BCUT2D eigenvalue weighted by molar-refractivity contribution is 0.285. The van der Waals surface area contributed by atoms with Crippen LogP contribution in [0.1, 0.15) is 10.4 Å². The fourth-order valence-corrected chi connectivity index (χ4v) is 3.77. The van der Waals surface area contributed by atoms with Gasteiger partial charge in [0, 0.05) is 10.3 Å². The molecule has 0 fully saturated rings. The zero-order valence-corrected chi connectivity index (χ0v) is 11.7. The first-order chi connectivity index (χ1) is 8.90. The van der Waals surface area contributed by atoms with Crippen LogP contribution in [0.5, 0.6) is 0 Å². The second-order valence-electron chi connectivity index (χ2n) is 4.03. The highest BCUT2D eigenvalue weighted by Crippen LogP contribution is 2.23. The molecule has 1 aromatic heterocycles. The number of aliphatic hydroxyl groups excluding tert-OH is 1. The van der Waals surface area contributed by atoms with Crippen molar-refractivity contribution in [2.75, 3.05) is 4.72 Å². The van der Waals surface area contributed by atoms with Crippen LogP contribution in [0.15, 0.2) is 34.5 Å². The summed E-state index contributed by atoms with van der Waals surface area (Å²) in [7, 11) is -3.75. The summed E-state index contributed by atoms with van der Waals surface area (Å²) < 4.78 is 39.6. The van der Waals surface area contributed by atoms with Gasteiger partial charge in [0.2, 0.25) is 0 Å². The molecule has 0 bridgehead atoms. The largest absolute Gasteiger partial charge is 0.391 e. The molecule has 0 spiro atoms. The Balaban J connectivity index is 2.30. The SMILES string of the molecule is Cc1cc(F)cc(NS(=O)(=O)c2csc(CO)c2)c1. The van der Waals surface area contributed by atoms with Crippen LogP contribution < -0.4 is 4.72 Å². The highest BCUT2D eigenvalue weighted by Gasteiger charge is 2.16. The molecule has 0 radical (unpaired) electrons. The Morgan fingerprint density at radius 3 is 2.63 bits per heavy atom. The van der Waals surface area contributed by atoms with Gasteiger partial charge in [-0.3, -0.25) is 4.72 Å². The minimum absolute atomic E-state index is 0.0588. The molecule has 2 aromatic rings. The summed E-state index contributed by atoms with van der Waals surface area (Å²) in [6.07, 6.45) is 0. The number of nitrogens with one attached hydrogen (secondary N) is 1. The van der Waals surface area contributed by atoms with E-state index in [-0.39, 0.29) is 17.2 Å². The maximum absolute atomic E-state index is 13.2. The Labute approximate surface area is 114 Å². The Kier molecular flexibility index (Phi) is 3.88. The van der Waals surface area contributed by atoms with E-state index in [0.717, 1.165) is 17.4 Å². The number of hydrogen-bond acceptors (Lipinski definition) is 4. The Morgan fingerprint density at radius 2 is 2.05 bits per heavy atom. The van der Waals surface area contributed by atoms with Gasteiger partial charge in [-0.2, -0.15) is 0 Å². The second-order valence-corrected chi connectivity index (χ2v) is 6.71. The van der Waals surface area contributed by atoms with Crippen molar-refractivity contribution in [2.45, 2.75) is 18.4 Å². The molecule has 0 aliphatic rings. The molecule has 0 unspecified atom stereocenters. The number of anilines is 1. The number of rotatable bonds is 4. The lowest BCUT2D eigenvalue weighted by Gasteiger charge is -2.07. The van der Waals surface area contributed by atoms with E-state index in [1.54, 1.807) is 13.0 Å². The van der Waals surface area contributed by atoms with E-state index < -0.39 is 15.8 Å². The van der Waals surface area contributed by atoms with Crippen LogP contribution in [0.4, 0.5) is 10.1 Å². The zero-order valence-electron chi connectivity index (χ0n) is 10.1. The normalized spacial score (nSPS) is 11.5. The van der Waals surface area contributed by atoms with Gasteiger partial charge in [-0.15, -0.1) is 11.3 Å². The molecule has 7 heteroatoms. The number of aryl methyl sites for hydroxylation is 1. The Morgan fingerprint density at radius 1 is 1.32 bits per heavy atom. The molecule has 1 aromatic carbocycles. The maximum atomic E-state index is 13.2. The van der Waals surface area contributed by atoms with Crippen LogP contribution in [0.25, 0.3) is 0 Å². The van der Waals surface area contributed by atoms with Crippen molar-refractivity contribution in [1.82, 2.24) is 0 Å². The van der Waals surface area contributed by atoms with Gasteiger partial charge in [0.15, 0.2) is 0 Å². The van der Waals surface area contributed by atoms with Crippen molar-refractivity contribution in [1.29, 1.82) is 0 Å². The highest BCUT2D eigenvalue weighted by atomic mass is 32.2. The fourth-order valence-electron chi connectivity index (χ4n) is 1.59. The smallest absolute Gasteiger partial charge is 0.262 e. The van der Waals surface area contributed by atoms with Crippen LogP contribution in [-0.2, 0) is 16.6 Å². The summed E-state index contributed by atoms with van der Waals surface area (Å²) in [5.74, 6) is -0.501. The third-order valence-electron chi connectivity index (χ3n) is 2.39. The monoisotopic (exact) mass is 301 g/mol. The third-order valence-corrected chi connectivity index (χ3v) is 4.82. The van der Waals surface area contributed by atoms with Gasteiger partial charge in [-0.05, 0) is 36.8 Å². The van der Waals surface area contributed by atoms with Gasteiger partial charge < -0.3 is 5.11 Å². The standard InChI is InChI=1S/C12H12FNO3S2/c1-8-2-9(13)4-10(3-8)14-19(16,17)12-5-11(6-15)18-7-12/h2-5,7,14-15H,6H2,1H3. The first-order valence-electron chi connectivity index (χ1n) is 5.39. The summed E-state index contributed by atoms with van der Waals surface area (Å²) in [5.41, 5.74) is 0.799. The highest BCUT2D eigenvalue weighted by molar-refractivity contribution is 7.92. The number of halogens is 1. The van der Waals surface area contributed by atoms with E-state index in [1.807, 2.05) is 0 Å². The molecule has 0 aliphatic carbocycles. The molecular formula is C12H12FNO3S2. The van der Waals surface area contributed by atoms with Crippen molar-refractivity contribution < 1.29 is 17.9 Å². The van der Waals surface area contributed by atoms with Crippen LogP contribution in [0.3, 0.4) is 0 Å². The molecule has 0 saturated carbocycles. The molecule has 0 aliphatic heterocycles. The van der Waals surface area contributed by atoms with Crippen LogP contribution >= 0.6 is 11.3 Å². The first kappa shape index (κ1) is 14.0. The predicted molar refractivity (Wildman–Crippen MR) is 72.2 cm³/mol. The molecule has 0 amide bonds. The molecule has 0 atom stereocenters. The fraction of sp³-hybridized carbons (Fsp3) is 0.167. The van der Waals surface area contributed by atoms with Crippen LogP contribution in [0.2, 0.25) is 0 Å². The van der Waals surface area contributed by atoms with Crippen molar-refractivity contribution >= 4 is 27.0 Å². The molecular weight excluding hydrogens is 289 g/mol. The van der Waals surface area contributed by atoms with E-state index in [1.165, 1.54) is 17.5 Å². The average molecular weight is 301 g/mol. The van der Waals surface area contributed by atoms with Crippen molar-refractivity contribution in [3.63, 3.8) is 0 Å². The Bertz CT molecular complexity index is 675. The number of benzene rings is 1. The molecule has 4 nitrogen and oxygen atoms in total. The predicted octanol–water partition coefficient (Wildman–Crippen LogP) is 2.49. The Hall–Kier alpha value is -1.44. The first-order valence-corrected chi connectivity index (χ1v) is 7.75. The van der Waals surface area contributed by atoms with Crippen LogP contribution in [-0.4, -0.2) is 13.5 Å². The number of thiophene rings is 1. The average Bonchev–Trinajstić information content (AvgIpc) is 2.75. The lowest BCUT2D eigenvalue weighted by Crippen LogP contribution is -2.12. The van der Waals surface area contributed by atoms with E-state index in [2.05, 4.69) is 4.72 Å². The topological polar surface area (TPSA) is 66.4 Å². The van der Waals surface area contributed by atoms with Gasteiger partial charge in [0.05, 0.1) is 17.2 Å². The minimum atomic E-state index is -3.75. The molecule has 1 heterocycles. The lowest BCUT2D eigenvalue weighted by atomic mass is 10.2. The molecule has 102 valence electrons. The van der Waals surface area contributed by atoms with E-state index in [4.69, 9.17) is 5.11 Å². The molecule has 2 rings (SSSR count). The van der Waals surface area contributed by atoms with Crippen LogP contribution in [0, 0.1) is 12.7 Å². The van der Waals surface area contributed by atoms with Gasteiger partial charge in [0.1, 0.15) is 5.82 Å². The minimum Gasteiger partial charge on any atom is -0.391 e. The van der Waals surface area contributed by atoms with Gasteiger partial charge in [-0.25, -0.2) is 12.8 Å². The number of aliphatic hydroxyl groups is 1. The van der Waals surface area contributed by atoms with E-state index in [0.29, 0.717) is 10.4 Å². The van der Waals surface area contributed by atoms with Crippen molar-refractivity contribution in [3.05, 3.63) is 45.9 Å². The van der Waals surface area contributed by atoms with E-state index in [9.17, 15) is 12.8 Å². The van der Waals surface area contributed by atoms with Crippen molar-refractivity contribution in [2.24, 2.45) is 0 Å². The molecule has 2 N–H and O–H groups in total. The second kappa shape index (κ2) is 5.28. The zero-order chi connectivity index (χ0) is 14.0. The maximum Gasteiger partial charge on any atom is 0.262 e.